The number of rotatable bonds is 5. The average Bonchev–Trinajstić information content (AvgIpc) is 2.68. The largest absolute Gasteiger partial charge is 0.337 e. The molecule has 0 fully saturated rings. The minimum absolute atomic E-state index is 0.0355. The fourth-order valence-electron chi connectivity index (χ4n) is 2.68. The molecule has 1 aromatic heterocycles. The summed E-state index contributed by atoms with van der Waals surface area (Å²) in [5, 5.41) is 3.46. The lowest BCUT2D eigenvalue weighted by molar-refractivity contribution is 0.601. The molecule has 0 amide bonds. The van der Waals surface area contributed by atoms with Crippen molar-refractivity contribution >= 4 is 65.9 Å². The van der Waals surface area contributed by atoms with Gasteiger partial charge in [-0.15, -0.1) is 0 Å². The number of nitrogens with zero attached hydrogens (tertiary/aromatic N) is 2. The Hall–Kier alpha value is -2.68. The molecule has 3 aromatic carbocycles. The molecule has 0 aliphatic rings. The molecule has 0 spiro atoms. The number of halogens is 2. The molecule has 0 aliphatic heterocycles. The van der Waals surface area contributed by atoms with Gasteiger partial charge in [0.25, 0.3) is 10.0 Å². The molecule has 29 heavy (non-hydrogen) atoms. The summed E-state index contributed by atoms with van der Waals surface area (Å²) < 4.78 is 29.1. The van der Waals surface area contributed by atoms with Gasteiger partial charge >= 0.3 is 0 Å². The van der Waals surface area contributed by atoms with Crippen molar-refractivity contribution in [2.45, 2.75) is 4.90 Å². The number of fused-ring (bicyclic) bond motifs is 1. The van der Waals surface area contributed by atoms with E-state index in [1.807, 2.05) is 42.5 Å². The maximum atomic E-state index is 12.9. The normalized spacial score (nSPS) is 11.4. The Balaban J connectivity index is 1.79. The number of hydrogen-bond donors (Lipinski definition) is 2. The Kier molecular flexibility index (Phi) is 5.40. The highest BCUT2D eigenvalue weighted by Gasteiger charge is 2.19. The third kappa shape index (κ3) is 4.50. The number of anilines is 3. The fourth-order valence-corrected chi connectivity index (χ4v) is 4.39. The highest BCUT2D eigenvalue weighted by molar-refractivity contribution is 9.10. The SMILES string of the molecule is O=S(=O)(Nc1nc2ccccc2nc1Nc1cccc(Br)c1)c1cccc(Cl)c1. The number of nitrogens with one attached hydrogen (secondary N) is 2. The van der Waals surface area contributed by atoms with E-state index >= 15 is 0 Å². The molecular weight excluding hydrogens is 476 g/mol. The molecule has 0 radical (unpaired) electrons. The quantitative estimate of drug-likeness (QED) is 0.382. The van der Waals surface area contributed by atoms with Crippen LogP contribution in [0.15, 0.2) is 82.2 Å². The zero-order valence-corrected chi connectivity index (χ0v) is 18.0. The first-order valence-electron chi connectivity index (χ1n) is 8.48. The Bertz CT molecular complexity index is 1310. The van der Waals surface area contributed by atoms with Gasteiger partial charge < -0.3 is 5.32 Å². The van der Waals surface area contributed by atoms with E-state index in [1.54, 1.807) is 18.2 Å². The summed E-state index contributed by atoms with van der Waals surface area (Å²) in [5.74, 6) is 0.371. The third-order valence-electron chi connectivity index (χ3n) is 4.00. The predicted molar refractivity (Wildman–Crippen MR) is 119 cm³/mol. The van der Waals surface area contributed by atoms with Gasteiger partial charge in [-0.25, -0.2) is 18.4 Å². The summed E-state index contributed by atoms with van der Waals surface area (Å²) in [6.45, 7) is 0. The van der Waals surface area contributed by atoms with Gasteiger partial charge in [-0.1, -0.05) is 51.8 Å². The molecule has 0 aliphatic carbocycles. The highest BCUT2D eigenvalue weighted by Crippen LogP contribution is 2.28. The minimum atomic E-state index is -3.91. The van der Waals surface area contributed by atoms with E-state index in [-0.39, 0.29) is 16.5 Å². The molecule has 1 heterocycles. The van der Waals surface area contributed by atoms with Crippen LogP contribution in [-0.2, 0) is 10.0 Å². The van der Waals surface area contributed by atoms with Crippen molar-refractivity contribution in [2.75, 3.05) is 10.0 Å². The van der Waals surface area contributed by atoms with Gasteiger partial charge in [0.05, 0.1) is 15.9 Å². The molecule has 146 valence electrons. The molecule has 2 N–H and O–H groups in total. The van der Waals surface area contributed by atoms with Crippen molar-refractivity contribution < 1.29 is 8.42 Å². The molecule has 9 heteroatoms. The Morgan fingerprint density at radius 1 is 0.828 bits per heavy atom. The summed E-state index contributed by atoms with van der Waals surface area (Å²) in [7, 11) is -3.91. The van der Waals surface area contributed by atoms with Crippen LogP contribution in [0.4, 0.5) is 17.3 Å². The van der Waals surface area contributed by atoms with Crippen LogP contribution in [0.25, 0.3) is 11.0 Å². The Labute approximate surface area is 181 Å². The maximum Gasteiger partial charge on any atom is 0.263 e. The van der Waals surface area contributed by atoms with Crippen LogP contribution >= 0.6 is 27.5 Å². The smallest absolute Gasteiger partial charge is 0.263 e. The van der Waals surface area contributed by atoms with Crippen molar-refractivity contribution in [3.8, 4) is 0 Å². The van der Waals surface area contributed by atoms with Crippen LogP contribution < -0.4 is 10.0 Å². The van der Waals surface area contributed by atoms with Crippen molar-refractivity contribution in [3.63, 3.8) is 0 Å². The number of sulfonamides is 1. The number of hydrogen-bond acceptors (Lipinski definition) is 5. The lowest BCUT2D eigenvalue weighted by atomic mass is 10.3. The van der Waals surface area contributed by atoms with E-state index in [4.69, 9.17) is 11.6 Å². The van der Waals surface area contributed by atoms with Crippen LogP contribution in [-0.4, -0.2) is 18.4 Å². The molecule has 6 nitrogen and oxygen atoms in total. The average molecular weight is 490 g/mol. The van der Waals surface area contributed by atoms with Gasteiger partial charge in [0.1, 0.15) is 0 Å². The predicted octanol–water partition coefficient (Wildman–Crippen LogP) is 5.59. The second-order valence-corrected chi connectivity index (χ2v) is 9.14. The topological polar surface area (TPSA) is 84.0 Å². The van der Waals surface area contributed by atoms with Crippen LogP contribution in [0.3, 0.4) is 0 Å². The van der Waals surface area contributed by atoms with Gasteiger partial charge in [-0.05, 0) is 48.5 Å². The van der Waals surface area contributed by atoms with Crippen molar-refractivity contribution in [2.24, 2.45) is 0 Å². The van der Waals surface area contributed by atoms with Gasteiger partial charge in [-0.2, -0.15) is 0 Å². The van der Waals surface area contributed by atoms with Crippen LogP contribution in [0.1, 0.15) is 0 Å². The molecule has 0 saturated heterocycles. The first kappa shape index (κ1) is 19.6. The van der Waals surface area contributed by atoms with E-state index in [1.165, 1.54) is 12.1 Å². The summed E-state index contributed by atoms with van der Waals surface area (Å²) in [6.07, 6.45) is 0. The summed E-state index contributed by atoms with van der Waals surface area (Å²) in [5.41, 5.74) is 1.93. The minimum Gasteiger partial charge on any atom is -0.337 e. The number of benzene rings is 3. The van der Waals surface area contributed by atoms with Gasteiger partial charge in [0.15, 0.2) is 11.6 Å². The van der Waals surface area contributed by atoms with Gasteiger partial charge in [0, 0.05) is 15.2 Å². The second kappa shape index (κ2) is 7.98. The van der Waals surface area contributed by atoms with Crippen LogP contribution in [0, 0.1) is 0 Å². The summed E-state index contributed by atoms with van der Waals surface area (Å²) in [4.78, 5) is 9.06. The fraction of sp³-hybridized carbons (Fsp3) is 0. The van der Waals surface area contributed by atoms with Crippen molar-refractivity contribution in [1.82, 2.24) is 9.97 Å². The molecule has 4 rings (SSSR count). The summed E-state index contributed by atoms with van der Waals surface area (Å²) in [6, 6.07) is 20.7. The van der Waals surface area contributed by atoms with Crippen molar-refractivity contribution in [3.05, 3.63) is 82.3 Å². The van der Waals surface area contributed by atoms with Crippen molar-refractivity contribution in [1.29, 1.82) is 0 Å². The lowest BCUT2D eigenvalue weighted by Gasteiger charge is -2.14. The molecule has 0 unspecified atom stereocenters. The number of aromatic nitrogens is 2. The molecule has 0 atom stereocenters. The van der Waals surface area contributed by atoms with E-state index in [0.717, 1.165) is 10.2 Å². The Morgan fingerprint density at radius 2 is 1.52 bits per heavy atom. The lowest BCUT2D eigenvalue weighted by Crippen LogP contribution is -2.16. The van der Waals surface area contributed by atoms with E-state index < -0.39 is 10.0 Å². The highest BCUT2D eigenvalue weighted by atomic mass is 79.9. The first-order chi connectivity index (χ1) is 13.9. The van der Waals surface area contributed by atoms with E-state index in [0.29, 0.717) is 16.1 Å². The molecule has 4 aromatic rings. The van der Waals surface area contributed by atoms with E-state index in [2.05, 4.69) is 35.9 Å². The number of para-hydroxylation sites is 2. The zero-order valence-electron chi connectivity index (χ0n) is 14.8. The summed E-state index contributed by atoms with van der Waals surface area (Å²) >= 11 is 9.37. The zero-order chi connectivity index (χ0) is 20.4. The standard InChI is InChI=1S/C20H14BrClN4O2S/c21-13-5-3-7-15(11-13)23-19-20(25-18-10-2-1-9-17(18)24-19)26-29(27,28)16-8-4-6-14(22)12-16/h1-12H,(H,23,24)(H,25,26). The monoisotopic (exact) mass is 488 g/mol. The molecule has 0 saturated carbocycles. The second-order valence-electron chi connectivity index (χ2n) is 6.11. The maximum absolute atomic E-state index is 12.9. The van der Waals surface area contributed by atoms with Crippen LogP contribution in [0.5, 0.6) is 0 Å². The molecular formula is C20H14BrClN4O2S. The first-order valence-corrected chi connectivity index (χ1v) is 11.1. The van der Waals surface area contributed by atoms with Crippen LogP contribution in [0.2, 0.25) is 5.02 Å². The van der Waals surface area contributed by atoms with Gasteiger partial charge in [-0.3, -0.25) is 4.72 Å². The molecule has 0 bridgehead atoms. The third-order valence-corrected chi connectivity index (χ3v) is 6.06. The van der Waals surface area contributed by atoms with E-state index in [9.17, 15) is 8.42 Å². The van der Waals surface area contributed by atoms with Gasteiger partial charge in [0.2, 0.25) is 0 Å². The Morgan fingerprint density at radius 3 is 2.21 bits per heavy atom.